The van der Waals surface area contributed by atoms with Crippen LogP contribution in [-0.4, -0.2) is 21.8 Å². The lowest BCUT2D eigenvalue weighted by Gasteiger charge is -1.62. The summed E-state index contributed by atoms with van der Waals surface area (Å²) in [6.45, 7) is -0.250. The number of carboxylic acid groups (broad SMARTS) is 1. The van der Waals surface area contributed by atoms with Crippen LogP contribution in [0.1, 0.15) is 0 Å². The van der Waals surface area contributed by atoms with E-state index in [2.05, 4.69) is 26.1 Å². The second-order valence-electron chi connectivity index (χ2n) is 1.00. The Morgan fingerprint density at radius 3 is 2.56 bits per heavy atom. The van der Waals surface area contributed by atoms with Gasteiger partial charge in [0.2, 0.25) is 0 Å². The van der Waals surface area contributed by atoms with Gasteiger partial charge in [-0.05, 0) is 22.0 Å². The van der Waals surface area contributed by atoms with Gasteiger partial charge in [-0.1, -0.05) is 0 Å². The predicted octanol–water partition coefficient (Wildman–Crippen LogP) is 0.873. The highest BCUT2D eigenvalue weighted by atomic mass is 79.9. The molecule has 0 aliphatic heterocycles. The zero-order valence-corrected chi connectivity index (χ0v) is 6.00. The smallest absolute Gasteiger partial charge is 0.290 e. The molecule has 0 bridgehead atoms. The van der Waals surface area contributed by atoms with Crippen LogP contribution in [0.5, 0.6) is 0 Å². The molecule has 1 aromatic rings. The number of aromatic nitrogens is 2. The Balaban J connectivity index is 0.000000187. The van der Waals surface area contributed by atoms with Gasteiger partial charge in [0.1, 0.15) is 4.60 Å². The van der Waals surface area contributed by atoms with Crippen molar-refractivity contribution < 1.29 is 9.90 Å². The third kappa shape index (κ3) is 5.02. The first-order valence-electron chi connectivity index (χ1n) is 2.04. The lowest BCUT2D eigenvalue weighted by molar-refractivity contribution is -0.122. The molecule has 1 heterocycles. The van der Waals surface area contributed by atoms with Gasteiger partial charge in [0.05, 0.1) is 0 Å². The van der Waals surface area contributed by atoms with Crippen molar-refractivity contribution in [3.63, 3.8) is 0 Å². The molecular formula is C4H5BrN2O2. The minimum atomic E-state index is -0.250. The summed E-state index contributed by atoms with van der Waals surface area (Å²) in [5.74, 6) is 0. The predicted molar refractivity (Wildman–Crippen MR) is 35.0 cm³/mol. The van der Waals surface area contributed by atoms with Crippen molar-refractivity contribution in [2.45, 2.75) is 0 Å². The molecule has 0 saturated heterocycles. The van der Waals surface area contributed by atoms with E-state index in [1.54, 1.807) is 6.20 Å². The molecule has 4 nitrogen and oxygen atoms in total. The van der Waals surface area contributed by atoms with E-state index in [-0.39, 0.29) is 6.47 Å². The third-order valence-corrected chi connectivity index (χ3v) is 0.908. The molecule has 2 N–H and O–H groups in total. The first-order chi connectivity index (χ1) is 4.31. The number of H-pyrrole nitrogens is 1. The van der Waals surface area contributed by atoms with Gasteiger partial charge in [-0.15, -0.1) is 0 Å². The number of carbonyl (C=O) groups is 1. The Morgan fingerprint density at radius 1 is 1.89 bits per heavy atom. The van der Waals surface area contributed by atoms with Crippen LogP contribution in [0.3, 0.4) is 0 Å². The number of nitrogens with zero attached hydrogens (tertiary/aromatic N) is 1. The topological polar surface area (TPSA) is 66.0 Å². The van der Waals surface area contributed by atoms with Crippen LogP contribution in [0.25, 0.3) is 0 Å². The number of halogens is 1. The second kappa shape index (κ2) is 5.30. The molecular weight excluding hydrogens is 188 g/mol. The van der Waals surface area contributed by atoms with E-state index in [1.807, 2.05) is 6.07 Å². The van der Waals surface area contributed by atoms with Crippen LogP contribution < -0.4 is 0 Å². The molecule has 0 spiro atoms. The third-order valence-electron chi connectivity index (χ3n) is 0.467. The molecule has 9 heavy (non-hydrogen) atoms. The molecule has 0 unspecified atom stereocenters. The summed E-state index contributed by atoms with van der Waals surface area (Å²) in [6, 6.07) is 1.83. The van der Waals surface area contributed by atoms with Crippen molar-refractivity contribution in [3.05, 3.63) is 16.9 Å². The molecule has 0 fully saturated rings. The maximum atomic E-state index is 8.36. The Labute approximate surface area is 60.0 Å². The Bertz CT molecular complexity index is 152. The average molecular weight is 193 g/mol. The molecule has 0 atom stereocenters. The summed E-state index contributed by atoms with van der Waals surface area (Å²) in [5.41, 5.74) is 0. The Kier molecular flexibility index (Phi) is 4.81. The molecule has 0 aromatic carbocycles. The molecule has 1 aromatic heterocycles. The number of hydrogen-bond donors (Lipinski definition) is 2. The fourth-order valence-electron chi connectivity index (χ4n) is 0.242. The lowest BCUT2D eigenvalue weighted by Crippen LogP contribution is -1.59. The average Bonchev–Trinajstić information content (AvgIpc) is 2.20. The van der Waals surface area contributed by atoms with Gasteiger partial charge in [-0.25, -0.2) is 0 Å². The van der Waals surface area contributed by atoms with Crippen LogP contribution in [0.4, 0.5) is 0 Å². The number of nitrogens with one attached hydrogen (secondary N) is 1. The summed E-state index contributed by atoms with van der Waals surface area (Å²) in [6.07, 6.45) is 1.75. The van der Waals surface area contributed by atoms with Crippen molar-refractivity contribution in [3.8, 4) is 0 Å². The normalized spacial score (nSPS) is 7.22. The van der Waals surface area contributed by atoms with E-state index in [9.17, 15) is 0 Å². The molecule has 0 aliphatic rings. The second-order valence-corrected chi connectivity index (χ2v) is 1.81. The van der Waals surface area contributed by atoms with Gasteiger partial charge in [0.25, 0.3) is 6.47 Å². The van der Waals surface area contributed by atoms with Crippen molar-refractivity contribution in [2.24, 2.45) is 0 Å². The maximum absolute atomic E-state index is 8.36. The molecule has 50 valence electrons. The molecule has 0 amide bonds. The number of aromatic amines is 1. The molecule has 1 rings (SSSR count). The van der Waals surface area contributed by atoms with E-state index in [4.69, 9.17) is 9.90 Å². The van der Waals surface area contributed by atoms with Gasteiger partial charge < -0.3 is 5.11 Å². The van der Waals surface area contributed by atoms with E-state index in [0.29, 0.717) is 0 Å². The Morgan fingerprint density at radius 2 is 2.44 bits per heavy atom. The van der Waals surface area contributed by atoms with Crippen LogP contribution in [0, 0.1) is 0 Å². The van der Waals surface area contributed by atoms with Crippen LogP contribution in [0.2, 0.25) is 0 Å². The van der Waals surface area contributed by atoms with Gasteiger partial charge in [0, 0.05) is 6.20 Å². The van der Waals surface area contributed by atoms with Crippen molar-refractivity contribution in [1.82, 2.24) is 10.2 Å². The van der Waals surface area contributed by atoms with Gasteiger partial charge in [0.15, 0.2) is 0 Å². The number of rotatable bonds is 0. The summed E-state index contributed by atoms with van der Waals surface area (Å²) in [4.78, 5) is 8.36. The lowest BCUT2D eigenvalue weighted by atomic mass is 10.8. The maximum Gasteiger partial charge on any atom is 0.290 e. The van der Waals surface area contributed by atoms with Gasteiger partial charge >= 0.3 is 0 Å². The minimum absolute atomic E-state index is 0.250. The largest absolute Gasteiger partial charge is 0.483 e. The highest BCUT2D eigenvalue weighted by molar-refractivity contribution is 9.10. The fraction of sp³-hybridized carbons (Fsp3) is 0. The standard InChI is InChI=1S/C3H3BrN2.CH2O2/c4-3-1-2-5-6-3;2-1-3/h1-2H,(H,5,6);1H,(H,2,3). The van der Waals surface area contributed by atoms with Crippen LogP contribution in [0.15, 0.2) is 16.9 Å². The van der Waals surface area contributed by atoms with Gasteiger partial charge in [-0.3, -0.25) is 9.89 Å². The van der Waals surface area contributed by atoms with Crippen LogP contribution >= 0.6 is 15.9 Å². The molecule has 0 aliphatic carbocycles. The Hall–Kier alpha value is -0.840. The van der Waals surface area contributed by atoms with Crippen molar-refractivity contribution in [1.29, 1.82) is 0 Å². The summed E-state index contributed by atoms with van der Waals surface area (Å²) < 4.78 is 0.850. The monoisotopic (exact) mass is 192 g/mol. The van der Waals surface area contributed by atoms with Crippen molar-refractivity contribution >= 4 is 22.4 Å². The zero-order valence-electron chi connectivity index (χ0n) is 4.41. The minimum Gasteiger partial charge on any atom is -0.483 e. The summed E-state index contributed by atoms with van der Waals surface area (Å²) in [5, 5.41) is 13.2. The van der Waals surface area contributed by atoms with E-state index in [0.717, 1.165) is 4.60 Å². The van der Waals surface area contributed by atoms with Gasteiger partial charge in [-0.2, -0.15) is 5.10 Å². The van der Waals surface area contributed by atoms with E-state index < -0.39 is 0 Å². The summed E-state index contributed by atoms with van der Waals surface area (Å²) >= 11 is 3.14. The van der Waals surface area contributed by atoms with Crippen LogP contribution in [-0.2, 0) is 4.79 Å². The quantitative estimate of drug-likeness (QED) is 0.600. The van der Waals surface area contributed by atoms with Crippen molar-refractivity contribution in [2.75, 3.05) is 0 Å². The first-order valence-corrected chi connectivity index (χ1v) is 2.83. The fourth-order valence-corrected chi connectivity index (χ4v) is 0.477. The highest BCUT2D eigenvalue weighted by Gasteiger charge is 1.77. The molecule has 0 saturated carbocycles. The van der Waals surface area contributed by atoms with E-state index in [1.165, 1.54) is 0 Å². The first kappa shape index (κ1) is 8.16. The number of hydrogen-bond acceptors (Lipinski definition) is 2. The molecule has 5 heteroatoms. The van der Waals surface area contributed by atoms with E-state index >= 15 is 0 Å². The summed E-state index contributed by atoms with van der Waals surface area (Å²) in [7, 11) is 0. The highest BCUT2D eigenvalue weighted by Crippen LogP contribution is 1.98. The molecule has 0 radical (unpaired) electrons. The zero-order chi connectivity index (χ0) is 7.11. The SMILES string of the molecule is Brc1cc[nH]n1.O=CO.